The number of hydrogen-bond acceptors (Lipinski definition) is 3. The zero-order chi connectivity index (χ0) is 21.1. The minimum Gasteiger partial charge on any atom is -0.497 e. The highest BCUT2D eigenvalue weighted by Gasteiger charge is 2.34. The van der Waals surface area contributed by atoms with E-state index >= 15 is 0 Å². The molecule has 152 valence electrons. The van der Waals surface area contributed by atoms with Gasteiger partial charge in [-0.05, 0) is 54.8 Å². The van der Waals surface area contributed by atoms with Crippen molar-refractivity contribution in [2.75, 3.05) is 7.11 Å². The van der Waals surface area contributed by atoms with Crippen LogP contribution in [0.15, 0.2) is 84.9 Å². The van der Waals surface area contributed by atoms with E-state index in [4.69, 9.17) is 9.84 Å². The highest BCUT2D eigenvalue weighted by atomic mass is 16.5. The third-order valence-electron chi connectivity index (χ3n) is 5.69. The van der Waals surface area contributed by atoms with Gasteiger partial charge < -0.3 is 9.84 Å². The van der Waals surface area contributed by atoms with E-state index < -0.39 is 5.60 Å². The molecule has 0 fully saturated rings. The van der Waals surface area contributed by atoms with Crippen LogP contribution in [0.5, 0.6) is 5.75 Å². The van der Waals surface area contributed by atoms with Crippen LogP contribution in [0.25, 0.3) is 5.69 Å². The largest absolute Gasteiger partial charge is 0.497 e. The molecule has 1 aromatic heterocycles. The Balaban J connectivity index is 1.78. The molecule has 0 radical (unpaired) electrons. The van der Waals surface area contributed by atoms with Crippen LogP contribution in [0.1, 0.15) is 28.1 Å². The molecule has 0 aliphatic heterocycles. The fourth-order valence-corrected chi connectivity index (χ4v) is 3.96. The number of aliphatic hydroxyl groups is 1. The minimum atomic E-state index is -1.15. The first-order valence-corrected chi connectivity index (χ1v) is 10.1. The first-order valence-electron chi connectivity index (χ1n) is 10.1. The second-order valence-electron chi connectivity index (χ2n) is 7.53. The van der Waals surface area contributed by atoms with Crippen molar-refractivity contribution in [3.8, 4) is 11.4 Å². The second-order valence-corrected chi connectivity index (χ2v) is 7.53. The molecule has 0 bridgehead atoms. The molecule has 30 heavy (non-hydrogen) atoms. The molecule has 0 atom stereocenters. The van der Waals surface area contributed by atoms with Gasteiger partial charge in [-0.3, -0.25) is 0 Å². The molecule has 4 rings (SSSR count). The topological polar surface area (TPSA) is 47.3 Å². The Bertz CT molecular complexity index is 1080. The van der Waals surface area contributed by atoms with Crippen LogP contribution in [-0.4, -0.2) is 22.0 Å². The van der Waals surface area contributed by atoms with Gasteiger partial charge in [0.15, 0.2) is 0 Å². The standard InChI is InChI=1S/C26H26N2O2/c1-19-25(20(2)28(27-19)23-14-16-24(30-3)17-15-23)18-26(29,21-10-6-4-7-11-21)22-12-8-5-9-13-22/h4-17,29H,18H2,1-3H3. The number of aromatic nitrogens is 2. The predicted octanol–water partition coefficient (Wildman–Crippen LogP) is 4.98. The van der Waals surface area contributed by atoms with Crippen LogP contribution in [-0.2, 0) is 12.0 Å². The average molecular weight is 399 g/mol. The number of hydrogen-bond donors (Lipinski definition) is 1. The van der Waals surface area contributed by atoms with E-state index in [9.17, 15) is 5.11 Å². The Morgan fingerprint density at radius 2 is 1.37 bits per heavy atom. The predicted molar refractivity (Wildman–Crippen MR) is 119 cm³/mol. The molecule has 0 saturated carbocycles. The lowest BCUT2D eigenvalue weighted by atomic mass is 9.81. The van der Waals surface area contributed by atoms with Gasteiger partial charge in [0.05, 0.1) is 18.5 Å². The van der Waals surface area contributed by atoms with Gasteiger partial charge in [-0.15, -0.1) is 0 Å². The molecule has 1 heterocycles. The summed E-state index contributed by atoms with van der Waals surface area (Å²) in [5, 5.41) is 16.7. The molecule has 0 aliphatic carbocycles. The summed E-state index contributed by atoms with van der Waals surface area (Å²) in [5.41, 5.74) is 4.52. The van der Waals surface area contributed by atoms with Gasteiger partial charge in [0.25, 0.3) is 0 Å². The van der Waals surface area contributed by atoms with Crippen molar-refractivity contribution in [1.29, 1.82) is 0 Å². The molecule has 3 aromatic carbocycles. The van der Waals surface area contributed by atoms with Crippen LogP contribution in [0.3, 0.4) is 0 Å². The highest BCUT2D eigenvalue weighted by molar-refractivity contribution is 5.44. The first-order chi connectivity index (χ1) is 14.5. The maximum absolute atomic E-state index is 12.0. The molecule has 4 heteroatoms. The maximum atomic E-state index is 12.0. The lowest BCUT2D eigenvalue weighted by Gasteiger charge is -2.30. The van der Waals surface area contributed by atoms with E-state index in [-0.39, 0.29) is 0 Å². The van der Waals surface area contributed by atoms with Gasteiger partial charge >= 0.3 is 0 Å². The van der Waals surface area contributed by atoms with Crippen molar-refractivity contribution in [3.05, 3.63) is 113 Å². The van der Waals surface area contributed by atoms with Crippen molar-refractivity contribution in [2.24, 2.45) is 0 Å². The highest BCUT2D eigenvalue weighted by Crippen LogP contribution is 2.35. The Kier molecular flexibility index (Phi) is 5.42. The summed E-state index contributed by atoms with van der Waals surface area (Å²) in [7, 11) is 1.66. The van der Waals surface area contributed by atoms with E-state index in [0.717, 1.165) is 39.5 Å². The van der Waals surface area contributed by atoms with Crippen molar-refractivity contribution in [3.63, 3.8) is 0 Å². The van der Waals surface area contributed by atoms with E-state index in [2.05, 4.69) is 6.92 Å². The molecule has 4 nitrogen and oxygen atoms in total. The fraction of sp³-hybridized carbons (Fsp3) is 0.192. The molecular weight excluding hydrogens is 372 g/mol. The number of aryl methyl sites for hydroxylation is 1. The van der Waals surface area contributed by atoms with Crippen LogP contribution in [0.2, 0.25) is 0 Å². The Morgan fingerprint density at radius 1 is 0.833 bits per heavy atom. The Hall–Kier alpha value is -3.37. The normalized spacial score (nSPS) is 11.5. The molecule has 0 saturated heterocycles. The summed E-state index contributed by atoms with van der Waals surface area (Å²) in [6.07, 6.45) is 0.439. The molecular formula is C26H26N2O2. The number of methoxy groups -OCH3 is 1. The Morgan fingerprint density at radius 3 is 1.87 bits per heavy atom. The van der Waals surface area contributed by atoms with Crippen molar-refractivity contribution >= 4 is 0 Å². The van der Waals surface area contributed by atoms with Gasteiger partial charge in [-0.1, -0.05) is 60.7 Å². The maximum Gasteiger partial charge on any atom is 0.119 e. The second kappa shape index (κ2) is 8.17. The van der Waals surface area contributed by atoms with Gasteiger partial charge in [-0.25, -0.2) is 4.68 Å². The zero-order valence-electron chi connectivity index (χ0n) is 17.5. The number of nitrogens with zero attached hydrogens (tertiary/aromatic N) is 2. The SMILES string of the molecule is COc1ccc(-n2nc(C)c(CC(O)(c3ccccc3)c3ccccc3)c2C)cc1. The van der Waals surface area contributed by atoms with Crippen molar-refractivity contribution in [1.82, 2.24) is 9.78 Å². The molecule has 0 aliphatic rings. The lowest BCUT2D eigenvalue weighted by Crippen LogP contribution is -2.30. The summed E-state index contributed by atoms with van der Waals surface area (Å²) in [6.45, 7) is 4.05. The van der Waals surface area contributed by atoms with Crippen molar-refractivity contribution < 1.29 is 9.84 Å². The van der Waals surface area contributed by atoms with Crippen LogP contribution in [0.4, 0.5) is 0 Å². The summed E-state index contributed by atoms with van der Waals surface area (Å²) in [4.78, 5) is 0. The van der Waals surface area contributed by atoms with E-state index in [1.54, 1.807) is 7.11 Å². The third-order valence-corrected chi connectivity index (χ3v) is 5.69. The van der Waals surface area contributed by atoms with Crippen molar-refractivity contribution in [2.45, 2.75) is 25.9 Å². The minimum absolute atomic E-state index is 0.439. The smallest absolute Gasteiger partial charge is 0.119 e. The average Bonchev–Trinajstić information content (AvgIpc) is 3.08. The van der Waals surface area contributed by atoms with Crippen LogP contribution >= 0.6 is 0 Å². The summed E-state index contributed by atoms with van der Waals surface area (Å²) >= 11 is 0. The molecule has 0 unspecified atom stereocenters. The van der Waals surface area contributed by atoms with Crippen LogP contribution < -0.4 is 4.74 Å². The number of rotatable bonds is 6. The zero-order valence-corrected chi connectivity index (χ0v) is 17.5. The number of ether oxygens (including phenoxy) is 1. The van der Waals surface area contributed by atoms with E-state index in [1.165, 1.54) is 0 Å². The lowest BCUT2D eigenvalue weighted by molar-refractivity contribution is 0.0808. The van der Waals surface area contributed by atoms with Gasteiger partial charge in [-0.2, -0.15) is 5.10 Å². The van der Waals surface area contributed by atoms with Gasteiger partial charge in [0, 0.05) is 12.1 Å². The molecule has 0 spiro atoms. The monoisotopic (exact) mass is 398 g/mol. The Labute approximate surface area is 177 Å². The fourth-order valence-electron chi connectivity index (χ4n) is 3.96. The molecule has 1 N–H and O–H groups in total. The van der Waals surface area contributed by atoms with Gasteiger partial charge in [0.1, 0.15) is 11.4 Å². The summed E-state index contributed by atoms with van der Waals surface area (Å²) < 4.78 is 7.20. The summed E-state index contributed by atoms with van der Waals surface area (Å²) in [6, 6.07) is 27.5. The quantitative estimate of drug-likeness (QED) is 0.498. The third kappa shape index (κ3) is 3.62. The molecule has 4 aromatic rings. The van der Waals surface area contributed by atoms with Crippen LogP contribution in [0, 0.1) is 13.8 Å². The van der Waals surface area contributed by atoms with E-state index in [1.807, 2.05) is 96.5 Å². The molecule has 0 amide bonds. The first kappa shape index (κ1) is 19.9. The van der Waals surface area contributed by atoms with Gasteiger partial charge in [0.2, 0.25) is 0 Å². The van der Waals surface area contributed by atoms with E-state index in [0.29, 0.717) is 6.42 Å². The number of benzene rings is 3. The summed E-state index contributed by atoms with van der Waals surface area (Å²) in [5.74, 6) is 0.808.